The number of fused-ring (bicyclic) bond motifs is 1. The highest BCUT2D eigenvalue weighted by Crippen LogP contribution is 2.34. The maximum atomic E-state index is 4.56. The van der Waals surface area contributed by atoms with Crippen LogP contribution in [-0.2, 0) is 0 Å². The van der Waals surface area contributed by atoms with E-state index in [0.717, 1.165) is 22.8 Å². The smallest absolute Gasteiger partial charge is 0.204 e. The molecule has 18 heavy (non-hydrogen) atoms. The lowest BCUT2D eigenvalue weighted by atomic mass is 10.1. The standard InChI is InChI=1S/C13H16BrN3S/c1-5-8(3)16-17-13-15-10-6-7(2)11(14)9(4)12(10)18-13/h6H,5H2,1-4H3,(H,15,17)/b16-8+. The molecule has 0 fully saturated rings. The molecule has 1 aromatic carbocycles. The summed E-state index contributed by atoms with van der Waals surface area (Å²) in [4.78, 5) is 4.56. The summed E-state index contributed by atoms with van der Waals surface area (Å²) in [5.74, 6) is 0. The second kappa shape index (κ2) is 5.36. The van der Waals surface area contributed by atoms with Gasteiger partial charge in [-0.3, -0.25) is 5.43 Å². The van der Waals surface area contributed by atoms with Crippen molar-refractivity contribution in [2.45, 2.75) is 34.1 Å². The molecule has 5 heteroatoms. The van der Waals surface area contributed by atoms with E-state index in [0.29, 0.717) is 0 Å². The average Bonchev–Trinajstić information content (AvgIpc) is 2.76. The third kappa shape index (κ3) is 2.57. The highest BCUT2D eigenvalue weighted by molar-refractivity contribution is 9.10. The second-order valence-corrected chi connectivity index (χ2v) is 6.10. The number of aryl methyl sites for hydroxylation is 2. The number of anilines is 1. The summed E-state index contributed by atoms with van der Waals surface area (Å²) < 4.78 is 2.37. The summed E-state index contributed by atoms with van der Waals surface area (Å²) in [6, 6.07) is 2.10. The van der Waals surface area contributed by atoms with E-state index in [1.165, 1.54) is 20.3 Å². The number of rotatable bonds is 3. The van der Waals surface area contributed by atoms with Gasteiger partial charge < -0.3 is 0 Å². The molecule has 96 valence electrons. The van der Waals surface area contributed by atoms with E-state index in [9.17, 15) is 0 Å². The lowest BCUT2D eigenvalue weighted by molar-refractivity contribution is 1.20. The van der Waals surface area contributed by atoms with Crippen molar-refractivity contribution in [3.8, 4) is 0 Å². The number of benzene rings is 1. The van der Waals surface area contributed by atoms with Crippen molar-refractivity contribution in [2.24, 2.45) is 5.10 Å². The molecule has 0 saturated heterocycles. The van der Waals surface area contributed by atoms with Crippen LogP contribution in [0.15, 0.2) is 15.6 Å². The van der Waals surface area contributed by atoms with E-state index >= 15 is 0 Å². The Morgan fingerprint density at radius 3 is 2.89 bits per heavy atom. The molecule has 2 rings (SSSR count). The minimum absolute atomic E-state index is 0.846. The number of thiazole rings is 1. The van der Waals surface area contributed by atoms with Crippen LogP contribution in [0.2, 0.25) is 0 Å². The molecule has 2 aromatic rings. The topological polar surface area (TPSA) is 37.3 Å². The fraction of sp³-hybridized carbons (Fsp3) is 0.385. The molecule has 0 aliphatic heterocycles. The second-order valence-electron chi connectivity index (χ2n) is 4.31. The van der Waals surface area contributed by atoms with Gasteiger partial charge in [0.15, 0.2) is 0 Å². The number of halogens is 1. The number of aromatic nitrogens is 1. The predicted molar refractivity (Wildman–Crippen MR) is 83.8 cm³/mol. The zero-order chi connectivity index (χ0) is 13.3. The van der Waals surface area contributed by atoms with E-state index in [2.05, 4.69) is 58.3 Å². The van der Waals surface area contributed by atoms with E-state index in [1.54, 1.807) is 11.3 Å². The first kappa shape index (κ1) is 13.5. The van der Waals surface area contributed by atoms with Crippen LogP contribution in [0.4, 0.5) is 5.13 Å². The van der Waals surface area contributed by atoms with Crippen molar-refractivity contribution in [3.05, 3.63) is 21.7 Å². The highest BCUT2D eigenvalue weighted by Gasteiger charge is 2.10. The Hall–Kier alpha value is -0.940. The lowest BCUT2D eigenvalue weighted by Gasteiger charge is -2.02. The minimum Gasteiger partial charge on any atom is -0.253 e. The van der Waals surface area contributed by atoms with Crippen molar-refractivity contribution >= 4 is 48.3 Å². The van der Waals surface area contributed by atoms with Gasteiger partial charge in [-0.25, -0.2) is 4.98 Å². The third-order valence-electron chi connectivity index (χ3n) is 2.88. The van der Waals surface area contributed by atoms with Gasteiger partial charge in [-0.2, -0.15) is 5.10 Å². The fourth-order valence-corrected chi connectivity index (χ4v) is 2.97. The zero-order valence-electron chi connectivity index (χ0n) is 11.0. The summed E-state index contributed by atoms with van der Waals surface area (Å²) in [6.07, 6.45) is 0.946. The maximum Gasteiger partial charge on any atom is 0.204 e. The van der Waals surface area contributed by atoms with Crippen LogP contribution in [0.5, 0.6) is 0 Å². The molecule has 0 unspecified atom stereocenters. The van der Waals surface area contributed by atoms with Gasteiger partial charge in [0.25, 0.3) is 0 Å². The van der Waals surface area contributed by atoms with Crippen molar-refractivity contribution in [2.75, 3.05) is 5.43 Å². The normalized spacial score (nSPS) is 12.2. The molecule has 0 aliphatic carbocycles. The molecule has 1 N–H and O–H groups in total. The molecule has 1 aromatic heterocycles. The summed E-state index contributed by atoms with van der Waals surface area (Å²) in [7, 11) is 0. The summed E-state index contributed by atoms with van der Waals surface area (Å²) >= 11 is 5.25. The van der Waals surface area contributed by atoms with Gasteiger partial charge in [0.2, 0.25) is 5.13 Å². The van der Waals surface area contributed by atoms with E-state index < -0.39 is 0 Å². The van der Waals surface area contributed by atoms with E-state index in [1.807, 2.05) is 6.92 Å². The summed E-state index contributed by atoms with van der Waals surface area (Å²) in [5.41, 5.74) is 7.59. The van der Waals surface area contributed by atoms with Crippen LogP contribution < -0.4 is 5.43 Å². The quantitative estimate of drug-likeness (QED) is 0.645. The summed E-state index contributed by atoms with van der Waals surface area (Å²) in [5, 5.41) is 5.13. The Bertz CT molecular complexity index is 616. The first-order chi connectivity index (χ1) is 8.52. The van der Waals surface area contributed by atoms with Crippen LogP contribution in [0, 0.1) is 13.8 Å². The van der Waals surface area contributed by atoms with Gasteiger partial charge >= 0.3 is 0 Å². The van der Waals surface area contributed by atoms with Gasteiger partial charge in [0.1, 0.15) is 0 Å². The molecular weight excluding hydrogens is 310 g/mol. The monoisotopic (exact) mass is 325 g/mol. The fourth-order valence-electron chi connectivity index (χ4n) is 1.63. The van der Waals surface area contributed by atoms with Crippen LogP contribution in [0.1, 0.15) is 31.4 Å². The van der Waals surface area contributed by atoms with Crippen LogP contribution in [0.25, 0.3) is 10.2 Å². The van der Waals surface area contributed by atoms with Crippen LogP contribution in [-0.4, -0.2) is 10.7 Å². The third-order valence-corrected chi connectivity index (χ3v) is 5.19. The van der Waals surface area contributed by atoms with Gasteiger partial charge in [0.05, 0.1) is 10.2 Å². The van der Waals surface area contributed by atoms with Crippen molar-refractivity contribution in [1.82, 2.24) is 4.98 Å². The lowest BCUT2D eigenvalue weighted by Crippen LogP contribution is -1.94. The van der Waals surface area contributed by atoms with Crippen LogP contribution >= 0.6 is 27.3 Å². The molecular formula is C13H16BrN3S. The molecule has 0 saturated carbocycles. The molecule has 0 atom stereocenters. The molecule has 0 radical (unpaired) electrons. The Labute approximate surface area is 119 Å². The minimum atomic E-state index is 0.846. The van der Waals surface area contributed by atoms with E-state index in [4.69, 9.17) is 0 Å². The molecule has 1 heterocycles. The molecule has 3 nitrogen and oxygen atoms in total. The number of hydrazone groups is 1. The number of nitrogens with one attached hydrogen (secondary N) is 1. The van der Waals surface area contributed by atoms with Gasteiger partial charge in [-0.15, -0.1) is 0 Å². The Kier molecular flexibility index (Phi) is 4.02. The van der Waals surface area contributed by atoms with Gasteiger partial charge in [-0.1, -0.05) is 34.2 Å². The first-order valence-corrected chi connectivity index (χ1v) is 7.49. The van der Waals surface area contributed by atoms with E-state index in [-0.39, 0.29) is 0 Å². The Morgan fingerprint density at radius 2 is 2.22 bits per heavy atom. The highest BCUT2D eigenvalue weighted by atomic mass is 79.9. The van der Waals surface area contributed by atoms with Crippen LogP contribution in [0.3, 0.4) is 0 Å². The zero-order valence-corrected chi connectivity index (χ0v) is 13.4. The molecule has 0 spiro atoms. The Morgan fingerprint density at radius 1 is 1.50 bits per heavy atom. The SMILES string of the molecule is CC/C(C)=N/Nc1nc2cc(C)c(Br)c(C)c2s1. The number of hydrogen-bond acceptors (Lipinski definition) is 4. The van der Waals surface area contributed by atoms with Gasteiger partial charge in [-0.05, 0) is 44.4 Å². The Balaban J connectivity index is 2.42. The predicted octanol–water partition coefficient (Wildman–Crippen LogP) is 4.87. The van der Waals surface area contributed by atoms with Crippen molar-refractivity contribution < 1.29 is 0 Å². The number of hydrogen-bond donors (Lipinski definition) is 1. The summed E-state index contributed by atoms with van der Waals surface area (Å²) in [6.45, 7) is 8.29. The number of nitrogens with zero attached hydrogens (tertiary/aromatic N) is 2. The van der Waals surface area contributed by atoms with Gasteiger partial charge in [0, 0.05) is 10.2 Å². The maximum absolute atomic E-state index is 4.56. The van der Waals surface area contributed by atoms with Crippen molar-refractivity contribution in [3.63, 3.8) is 0 Å². The first-order valence-electron chi connectivity index (χ1n) is 5.88. The molecule has 0 bridgehead atoms. The van der Waals surface area contributed by atoms with Crippen molar-refractivity contribution in [1.29, 1.82) is 0 Å². The largest absolute Gasteiger partial charge is 0.253 e. The molecule has 0 amide bonds. The average molecular weight is 326 g/mol. The molecule has 0 aliphatic rings.